The highest BCUT2D eigenvalue weighted by Crippen LogP contribution is 2.24. The first kappa shape index (κ1) is 12.0. The summed E-state index contributed by atoms with van der Waals surface area (Å²) >= 11 is 0. The normalized spacial score (nSPS) is 14.7. The van der Waals surface area contributed by atoms with Gasteiger partial charge in [-0.2, -0.15) is 5.26 Å². The molecule has 0 aromatic carbocycles. The third kappa shape index (κ3) is 2.03. The lowest BCUT2D eigenvalue weighted by atomic mass is 10.1. The number of hydrogen-bond donors (Lipinski definition) is 1. The summed E-state index contributed by atoms with van der Waals surface area (Å²) in [6.07, 6.45) is 2.93. The quantitative estimate of drug-likeness (QED) is 0.807. The van der Waals surface area contributed by atoms with Gasteiger partial charge in [0.05, 0.1) is 12.2 Å². The SMILES string of the molecule is N#Cc1ccnc(N2CC(n3cc(C(=O)O)nn3)C2)n1. The summed E-state index contributed by atoms with van der Waals surface area (Å²) in [5.74, 6) is -0.614. The van der Waals surface area contributed by atoms with Crippen molar-refractivity contribution in [3.05, 3.63) is 29.8 Å². The average molecular weight is 271 g/mol. The predicted octanol–water partition coefficient (Wildman–Crippen LogP) is -0.301. The highest BCUT2D eigenvalue weighted by atomic mass is 16.4. The lowest BCUT2D eigenvalue weighted by Crippen LogP contribution is -2.48. The first-order valence-electron chi connectivity index (χ1n) is 5.80. The Hall–Kier alpha value is -3.02. The molecule has 1 aliphatic heterocycles. The minimum atomic E-state index is -1.10. The van der Waals surface area contributed by atoms with Gasteiger partial charge in [-0.1, -0.05) is 5.21 Å². The van der Waals surface area contributed by atoms with Gasteiger partial charge in [0, 0.05) is 19.3 Å². The molecule has 100 valence electrons. The van der Waals surface area contributed by atoms with Crippen molar-refractivity contribution in [2.45, 2.75) is 6.04 Å². The van der Waals surface area contributed by atoms with Crippen molar-refractivity contribution >= 4 is 11.9 Å². The van der Waals surface area contributed by atoms with Crippen LogP contribution in [0.5, 0.6) is 0 Å². The van der Waals surface area contributed by atoms with Gasteiger partial charge in [0.1, 0.15) is 11.8 Å². The van der Waals surface area contributed by atoms with E-state index < -0.39 is 5.97 Å². The van der Waals surface area contributed by atoms with Crippen LogP contribution < -0.4 is 4.90 Å². The summed E-state index contributed by atoms with van der Waals surface area (Å²) in [7, 11) is 0. The van der Waals surface area contributed by atoms with Crippen molar-refractivity contribution in [1.82, 2.24) is 25.0 Å². The number of nitriles is 1. The van der Waals surface area contributed by atoms with E-state index in [9.17, 15) is 4.79 Å². The smallest absolute Gasteiger partial charge is 0.358 e. The number of nitrogens with zero attached hydrogens (tertiary/aromatic N) is 7. The summed E-state index contributed by atoms with van der Waals surface area (Å²) in [4.78, 5) is 20.8. The maximum atomic E-state index is 10.7. The van der Waals surface area contributed by atoms with Gasteiger partial charge in [-0.15, -0.1) is 5.10 Å². The fourth-order valence-corrected chi connectivity index (χ4v) is 1.90. The minimum Gasteiger partial charge on any atom is -0.476 e. The third-order valence-corrected chi connectivity index (χ3v) is 3.01. The Morgan fingerprint density at radius 1 is 1.50 bits per heavy atom. The highest BCUT2D eigenvalue weighted by Gasteiger charge is 2.31. The molecule has 0 unspecified atom stereocenters. The molecule has 20 heavy (non-hydrogen) atoms. The Balaban J connectivity index is 1.68. The van der Waals surface area contributed by atoms with E-state index in [1.807, 2.05) is 11.0 Å². The van der Waals surface area contributed by atoms with Crippen molar-refractivity contribution in [2.24, 2.45) is 0 Å². The van der Waals surface area contributed by atoms with E-state index in [0.29, 0.717) is 24.7 Å². The number of aromatic nitrogens is 5. The Kier molecular flexibility index (Phi) is 2.76. The Bertz CT molecular complexity index is 699. The molecule has 1 N–H and O–H groups in total. The van der Waals surface area contributed by atoms with Crippen molar-refractivity contribution in [1.29, 1.82) is 5.26 Å². The standard InChI is InChI=1S/C11H9N7O2/c12-3-7-1-2-13-11(14-7)17-4-8(5-17)18-6-9(10(19)20)15-16-18/h1-2,6,8H,4-5H2,(H,19,20). The first-order valence-corrected chi connectivity index (χ1v) is 5.80. The summed E-state index contributed by atoms with van der Waals surface area (Å²) < 4.78 is 1.52. The molecule has 0 radical (unpaired) electrons. The summed E-state index contributed by atoms with van der Waals surface area (Å²) in [6, 6.07) is 3.53. The van der Waals surface area contributed by atoms with Gasteiger partial charge in [-0.25, -0.2) is 19.4 Å². The molecule has 9 heteroatoms. The zero-order chi connectivity index (χ0) is 14.1. The molecule has 2 aromatic rings. The predicted molar refractivity (Wildman–Crippen MR) is 65.0 cm³/mol. The van der Waals surface area contributed by atoms with Gasteiger partial charge in [0.15, 0.2) is 5.69 Å². The van der Waals surface area contributed by atoms with Crippen molar-refractivity contribution in [2.75, 3.05) is 18.0 Å². The van der Waals surface area contributed by atoms with E-state index in [4.69, 9.17) is 10.4 Å². The molecule has 0 aliphatic carbocycles. The van der Waals surface area contributed by atoms with Crippen LogP contribution in [-0.4, -0.2) is 49.1 Å². The van der Waals surface area contributed by atoms with Crippen LogP contribution in [0.4, 0.5) is 5.95 Å². The molecule has 0 bridgehead atoms. The van der Waals surface area contributed by atoms with Gasteiger partial charge in [0.2, 0.25) is 5.95 Å². The maximum Gasteiger partial charge on any atom is 0.358 e. The van der Waals surface area contributed by atoms with Crippen LogP contribution in [0.25, 0.3) is 0 Å². The van der Waals surface area contributed by atoms with Crippen LogP contribution in [0.15, 0.2) is 18.5 Å². The van der Waals surface area contributed by atoms with E-state index in [2.05, 4.69) is 20.3 Å². The summed E-state index contributed by atoms with van der Waals surface area (Å²) in [6.45, 7) is 1.19. The summed E-state index contributed by atoms with van der Waals surface area (Å²) in [5, 5.41) is 24.9. The molecule has 0 amide bonds. The third-order valence-electron chi connectivity index (χ3n) is 3.01. The number of carboxylic acid groups (broad SMARTS) is 1. The van der Waals surface area contributed by atoms with Gasteiger partial charge >= 0.3 is 5.97 Å². The lowest BCUT2D eigenvalue weighted by molar-refractivity contribution is 0.0690. The molecule has 9 nitrogen and oxygen atoms in total. The lowest BCUT2D eigenvalue weighted by Gasteiger charge is -2.38. The fourth-order valence-electron chi connectivity index (χ4n) is 1.90. The zero-order valence-corrected chi connectivity index (χ0v) is 10.2. The van der Waals surface area contributed by atoms with E-state index >= 15 is 0 Å². The number of carboxylic acids is 1. The molecule has 1 fully saturated rings. The van der Waals surface area contributed by atoms with Crippen LogP contribution in [0.3, 0.4) is 0 Å². The van der Waals surface area contributed by atoms with Crippen molar-refractivity contribution in [3.8, 4) is 6.07 Å². The number of rotatable bonds is 3. The van der Waals surface area contributed by atoms with Gasteiger partial charge in [-0.3, -0.25) is 0 Å². The maximum absolute atomic E-state index is 10.7. The molecular weight excluding hydrogens is 262 g/mol. The van der Waals surface area contributed by atoms with Gasteiger partial charge in [0.25, 0.3) is 0 Å². The second-order valence-electron chi connectivity index (χ2n) is 4.30. The Morgan fingerprint density at radius 2 is 2.30 bits per heavy atom. The second kappa shape index (κ2) is 4.58. The van der Waals surface area contributed by atoms with Crippen molar-refractivity contribution in [3.63, 3.8) is 0 Å². The highest BCUT2D eigenvalue weighted by molar-refractivity contribution is 5.84. The Morgan fingerprint density at radius 3 is 2.95 bits per heavy atom. The average Bonchev–Trinajstić information content (AvgIpc) is 2.87. The summed E-state index contributed by atoms with van der Waals surface area (Å²) in [5.41, 5.74) is 0.235. The van der Waals surface area contributed by atoms with E-state index in [-0.39, 0.29) is 11.7 Å². The van der Waals surface area contributed by atoms with Crippen LogP contribution in [0, 0.1) is 11.3 Å². The van der Waals surface area contributed by atoms with E-state index in [0.717, 1.165) is 0 Å². The molecule has 0 saturated carbocycles. The molecule has 3 heterocycles. The van der Waals surface area contributed by atoms with E-state index in [1.165, 1.54) is 23.1 Å². The van der Waals surface area contributed by atoms with Crippen molar-refractivity contribution < 1.29 is 9.90 Å². The topological polar surface area (TPSA) is 121 Å². The molecule has 2 aromatic heterocycles. The van der Waals surface area contributed by atoms with Crippen LogP contribution in [0.2, 0.25) is 0 Å². The zero-order valence-electron chi connectivity index (χ0n) is 10.2. The Labute approximate surface area is 113 Å². The first-order chi connectivity index (χ1) is 9.67. The number of carbonyl (C=O) groups is 1. The molecular formula is C11H9N7O2. The number of aromatic carboxylic acids is 1. The molecule has 0 atom stereocenters. The van der Waals surface area contributed by atoms with Crippen LogP contribution >= 0.6 is 0 Å². The monoisotopic (exact) mass is 271 g/mol. The molecule has 1 saturated heterocycles. The second-order valence-corrected chi connectivity index (χ2v) is 4.30. The molecule has 3 rings (SSSR count). The van der Waals surface area contributed by atoms with Crippen LogP contribution in [0.1, 0.15) is 22.2 Å². The van der Waals surface area contributed by atoms with Gasteiger partial charge < -0.3 is 10.0 Å². The molecule has 1 aliphatic rings. The largest absolute Gasteiger partial charge is 0.476 e. The van der Waals surface area contributed by atoms with E-state index in [1.54, 1.807) is 0 Å². The number of anilines is 1. The molecule has 0 spiro atoms. The minimum absolute atomic E-state index is 0.0324. The van der Waals surface area contributed by atoms with Crippen LogP contribution in [-0.2, 0) is 0 Å². The number of hydrogen-bond acceptors (Lipinski definition) is 7. The fraction of sp³-hybridized carbons (Fsp3) is 0.273. The van der Waals surface area contributed by atoms with Gasteiger partial charge in [-0.05, 0) is 6.07 Å².